The second-order valence-electron chi connectivity index (χ2n) is 6.01. The number of halogens is 2. The highest BCUT2D eigenvalue weighted by atomic mass is 35.5. The predicted octanol–water partition coefficient (Wildman–Crippen LogP) is 4.59. The van der Waals surface area contributed by atoms with Gasteiger partial charge in [-0.15, -0.1) is 0 Å². The van der Waals surface area contributed by atoms with E-state index < -0.39 is 5.25 Å². The molecule has 1 unspecified atom stereocenters. The molecule has 3 rings (SSSR count). The van der Waals surface area contributed by atoms with Crippen LogP contribution in [-0.2, 0) is 9.59 Å². The van der Waals surface area contributed by atoms with Gasteiger partial charge in [0.1, 0.15) is 11.0 Å². The fraction of sp³-hybridized carbons (Fsp3) is 0.211. The maximum atomic E-state index is 12.7. The van der Waals surface area contributed by atoms with E-state index in [-0.39, 0.29) is 18.2 Å². The Hall–Kier alpha value is -2.22. The number of anilines is 1. The van der Waals surface area contributed by atoms with E-state index in [0.717, 1.165) is 0 Å². The van der Waals surface area contributed by atoms with Crippen molar-refractivity contribution in [3.63, 3.8) is 0 Å². The predicted molar refractivity (Wildman–Crippen MR) is 114 cm³/mol. The third kappa shape index (κ3) is 4.98. The molecule has 1 saturated heterocycles. The summed E-state index contributed by atoms with van der Waals surface area (Å²) in [7, 11) is 3.21. The Balaban J connectivity index is 1.80. The highest BCUT2D eigenvalue weighted by molar-refractivity contribution is 8.15. The van der Waals surface area contributed by atoms with Gasteiger partial charge in [-0.3, -0.25) is 14.5 Å². The third-order valence-corrected chi connectivity index (χ3v) is 5.65. The number of hydrogen-bond donors (Lipinski definition) is 1. The Morgan fingerprint density at radius 3 is 2.64 bits per heavy atom. The van der Waals surface area contributed by atoms with Crippen molar-refractivity contribution in [2.24, 2.45) is 4.99 Å². The number of rotatable bonds is 4. The van der Waals surface area contributed by atoms with Gasteiger partial charge in [0.25, 0.3) is 0 Å². The van der Waals surface area contributed by atoms with Gasteiger partial charge in [-0.25, -0.2) is 4.99 Å². The number of nitrogens with one attached hydrogen (secondary N) is 1. The highest BCUT2D eigenvalue weighted by Crippen LogP contribution is 2.30. The molecule has 9 heteroatoms. The van der Waals surface area contributed by atoms with Crippen molar-refractivity contribution < 1.29 is 14.3 Å². The zero-order valence-electron chi connectivity index (χ0n) is 15.1. The zero-order chi connectivity index (χ0) is 20.3. The Morgan fingerprint density at radius 2 is 1.96 bits per heavy atom. The molecular formula is C19H17Cl2N3O3S. The lowest BCUT2D eigenvalue weighted by atomic mass is 10.2. The van der Waals surface area contributed by atoms with E-state index in [2.05, 4.69) is 10.3 Å². The topological polar surface area (TPSA) is 71.0 Å². The first kappa shape index (κ1) is 20.5. The van der Waals surface area contributed by atoms with Crippen LogP contribution in [0, 0.1) is 0 Å². The average Bonchev–Trinajstić information content (AvgIpc) is 2.64. The number of nitrogens with zero attached hydrogens (tertiary/aromatic N) is 2. The van der Waals surface area contributed by atoms with Crippen molar-refractivity contribution in [2.45, 2.75) is 11.7 Å². The molecule has 0 saturated carbocycles. The SMILES string of the molecule is COc1cccc(N=C2SC(C(=O)Nc3cc(Cl)cc(Cl)c3)CC(=O)N2C)c1. The summed E-state index contributed by atoms with van der Waals surface area (Å²) < 4.78 is 5.19. The standard InChI is InChI=1S/C19H17Cl2N3O3S/c1-24-17(25)10-16(18(26)22-14-7-11(20)6-12(21)8-14)28-19(24)23-13-4-3-5-15(9-13)27-2/h3-9,16H,10H2,1-2H3,(H,22,26). The maximum absolute atomic E-state index is 12.7. The van der Waals surface area contributed by atoms with Crippen molar-refractivity contribution in [1.29, 1.82) is 0 Å². The average molecular weight is 438 g/mol. The molecule has 1 N–H and O–H groups in total. The summed E-state index contributed by atoms with van der Waals surface area (Å²) in [5, 5.41) is 3.40. The molecule has 2 aromatic rings. The number of amides is 2. The molecule has 0 bridgehead atoms. The summed E-state index contributed by atoms with van der Waals surface area (Å²) in [5.41, 5.74) is 1.10. The number of aliphatic imine (C=N–C) groups is 1. The summed E-state index contributed by atoms with van der Waals surface area (Å²) in [6, 6.07) is 11.9. The van der Waals surface area contributed by atoms with Crippen LogP contribution in [0.2, 0.25) is 10.0 Å². The quantitative estimate of drug-likeness (QED) is 0.758. The highest BCUT2D eigenvalue weighted by Gasteiger charge is 2.34. The van der Waals surface area contributed by atoms with Crippen LogP contribution < -0.4 is 10.1 Å². The summed E-state index contributed by atoms with van der Waals surface area (Å²) in [6.45, 7) is 0. The molecule has 6 nitrogen and oxygen atoms in total. The minimum Gasteiger partial charge on any atom is -0.497 e. The van der Waals surface area contributed by atoms with Crippen LogP contribution in [-0.4, -0.2) is 41.3 Å². The van der Waals surface area contributed by atoms with Gasteiger partial charge in [0.2, 0.25) is 11.8 Å². The van der Waals surface area contributed by atoms with Gasteiger partial charge in [0.15, 0.2) is 5.17 Å². The fourth-order valence-corrected chi connectivity index (χ4v) is 4.13. The Kier molecular flexibility index (Phi) is 6.49. The molecule has 1 heterocycles. The molecule has 0 radical (unpaired) electrons. The first-order chi connectivity index (χ1) is 13.4. The third-order valence-electron chi connectivity index (χ3n) is 3.97. The van der Waals surface area contributed by atoms with Crippen molar-refractivity contribution in [3.8, 4) is 5.75 Å². The Bertz CT molecular complexity index is 932. The number of carbonyl (C=O) groups excluding carboxylic acids is 2. The van der Waals surface area contributed by atoms with E-state index in [9.17, 15) is 9.59 Å². The summed E-state index contributed by atoms with van der Waals surface area (Å²) in [5.74, 6) is 0.150. The van der Waals surface area contributed by atoms with Gasteiger partial charge >= 0.3 is 0 Å². The number of methoxy groups -OCH3 is 1. The Labute approximate surface area is 176 Å². The van der Waals surface area contributed by atoms with E-state index in [1.54, 1.807) is 56.6 Å². The molecule has 1 aliphatic rings. The van der Waals surface area contributed by atoms with Crippen LogP contribution >= 0.6 is 35.0 Å². The van der Waals surface area contributed by atoms with Crippen LogP contribution in [0.3, 0.4) is 0 Å². The molecule has 2 amide bonds. The number of ether oxygens (including phenoxy) is 1. The minimum atomic E-state index is -0.620. The first-order valence-electron chi connectivity index (χ1n) is 8.28. The number of hydrogen-bond acceptors (Lipinski definition) is 5. The van der Waals surface area contributed by atoms with Crippen LogP contribution in [0.1, 0.15) is 6.42 Å². The van der Waals surface area contributed by atoms with E-state index in [1.165, 1.54) is 16.7 Å². The molecule has 1 atom stereocenters. The van der Waals surface area contributed by atoms with Crippen LogP contribution in [0.25, 0.3) is 0 Å². The molecular weight excluding hydrogens is 421 g/mol. The monoisotopic (exact) mass is 437 g/mol. The molecule has 146 valence electrons. The number of thioether (sulfide) groups is 1. The van der Waals surface area contributed by atoms with Crippen molar-refractivity contribution in [3.05, 3.63) is 52.5 Å². The normalized spacial score (nSPS) is 18.3. The molecule has 0 aliphatic carbocycles. The van der Waals surface area contributed by atoms with Gasteiger partial charge in [-0.1, -0.05) is 41.0 Å². The second kappa shape index (κ2) is 8.86. The van der Waals surface area contributed by atoms with Gasteiger partial charge in [0, 0.05) is 35.3 Å². The van der Waals surface area contributed by atoms with Crippen molar-refractivity contribution in [2.75, 3.05) is 19.5 Å². The maximum Gasteiger partial charge on any atom is 0.238 e. The van der Waals surface area contributed by atoms with Gasteiger partial charge < -0.3 is 10.1 Å². The van der Waals surface area contributed by atoms with Crippen molar-refractivity contribution >= 4 is 63.3 Å². The number of amidine groups is 1. The Morgan fingerprint density at radius 1 is 1.25 bits per heavy atom. The summed E-state index contributed by atoms with van der Waals surface area (Å²) in [4.78, 5) is 31.0. The smallest absolute Gasteiger partial charge is 0.238 e. The molecule has 0 aromatic heterocycles. The molecule has 0 spiro atoms. The van der Waals surface area contributed by atoms with Gasteiger partial charge in [0.05, 0.1) is 12.8 Å². The van der Waals surface area contributed by atoms with Crippen LogP contribution in [0.4, 0.5) is 11.4 Å². The number of benzene rings is 2. The molecule has 1 aliphatic heterocycles. The molecule has 28 heavy (non-hydrogen) atoms. The van der Waals surface area contributed by atoms with Crippen LogP contribution in [0.15, 0.2) is 47.5 Å². The number of carbonyl (C=O) groups is 2. The van der Waals surface area contributed by atoms with E-state index in [0.29, 0.717) is 32.3 Å². The lowest BCUT2D eigenvalue weighted by molar-refractivity contribution is -0.128. The van der Waals surface area contributed by atoms with Gasteiger partial charge in [-0.05, 0) is 30.3 Å². The summed E-state index contributed by atoms with van der Waals surface area (Å²) >= 11 is 13.2. The minimum absolute atomic E-state index is 0.0679. The second-order valence-corrected chi connectivity index (χ2v) is 8.05. The largest absolute Gasteiger partial charge is 0.497 e. The van der Waals surface area contributed by atoms with Gasteiger partial charge in [-0.2, -0.15) is 0 Å². The molecule has 2 aromatic carbocycles. The van der Waals surface area contributed by atoms with Crippen LogP contribution in [0.5, 0.6) is 5.75 Å². The fourth-order valence-electron chi connectivity index (χ4n) is 2.54. The lowest BCUT2D eigenvalue weighted by Crippen LogP contribution is -2.43. The summed E-state index contributed by atoms with van der Waals surface area (Å²) in [6.07, 6.45) is 0.0679. The molecule has 1 fully saturated rings. The lowest BCUT2D eigenvalue weighted by Gasteiger charge is -2.28. The van der Waals surface area contributed by atoms with Crippen molar-refractivity contribution in [1.82, 2.24) is 4.90 Å². The van der Waals surface area contributed by atoms with E-state index in [1.807, 2.05) is 0 Å². The van der Waals surface area contributed by atoms with E-state index in [4.69, 9.17) is 27.9 Å². The van der Waals surface area contributed by atoms with E-state index >= 15 is 0 Å². The first-order valence-corrected chi connectivity index (χ1v) is 9.92. The zero-order valence-corrected chi connectivity index (χ0v) is 17.4.